The lowest BCUT2D eigenvalue weighted by Gasteiger charge is -2.19. The number of rotatable bonds is 6. The second-order valence-electron chi connectivity index (χ2n) is 7.36. The standard InChI is InChI=1S/C25H19FN4O2S/c1-32-22-10-9-19(26)14-20(22)23(24(31)28-25-27-11-12-33-25)30-15-18-8-7-17(13-21(18)29-30)16-5-3-2-4-6-16/h2-15,23H,1H3,(H,27,28,31). The summed E-state index contributed by atoms with van der Waals surface area (Å²) in [5.41, 5.74) is 3.17. The van der Waals surface area contributed by atoms with Crippen LogP contribution in [0.2, 0.25) is 0 Å². The van der Waals surface area contributed by atoms with Gasteiger partial charge in [-0.2, -0.15) is 5.10 Å². The van der Waals surface area contributed by atoms with E-state index in [1.807, 2.05) is 48.5 Å². The third-order valence-corrected chi connectivity index (χ3v) is 5.98. The molecule has 0 spiro atoms. The molecule has 0 fully saturated rings. The van der Waals surface area contributed by atoms with E-state index in [2.05, 4.69) is 10.3 Å². The molecule has 1 N–H and O–H groups in total. The Kier molecular flexibility index (Phi) is 5.58. The number of hydrogen-bond acceptors (Lipinski definition) is 5. The summed E-state index contributed by atoms with van der Waals surface area (Å²) in [6, 6.07) is 19.1. The van der Waals surface area contributed by atoms with E-state index in [1.165, 1.54) is 36.6 Å². The van der Waals surface area contributed by atoms with E-state index < -0.39 is 17.8 Å². The summed E-state index contributed by atoms with van der Waals surface area (Å²) in [6.45, 7) is 0. The summed E-state index contributed by atoms with van der Waals surface area (Å²) in [6.07, 6.45) is 3.38. The lowest BCUT2D eigenvalue weighted by Crippen LogP contribution is -2.28. The molecule has 0 radical (unpaired) electrons. The van der Waals surface area contributed by atoms with Gasteiger partial charge < -0.3 is 4.74 Å². The minimum absolute atomic E-state index is 0.364. The van der Waals surface area contributed by atoms with Gasteiger partial charge in [0.1, 0.15) is 11.6 Å². The first-order valence-corrected chi connectivity index (χ1v) is 11.1. The van der Waals surface area contributed by atoms with Crippen molar-refractivity contribution in [2.24, 2.45) is 0 Å². The Morgan fingerprint density at radius 1 is 1.09 bits per heavy atom. The molecule has 0 aliphatic carbocycles. The number of aromatic nitrogens is 3. The van der Waals surface area contributed by atoms with Crippen molar-refractivity contribution in [1.82, 2.24) is 14.8 Å². The van der Waals surface area contributed by atoms with Gasteiger partial charge in [0.05, 0.1) is 12.6 Å². The minimum atomic E-state index is -0.966. The molecular weight excluding hydrogens is 439 g/mol. The fourth-order valence-electron chi connectivity index (χ4n) is 3.76. The fourth-order valence-corrected chi connectivity index (χ4v) is 4.29. The number of nitrogens with one attached hydrogen (secondary N) is 1. The van der Waals surface area contributed by atoms with Crippen molar-refractivity contribution in [3.63, 3.8) is 0 Å². The second kappa shape index (κ2) is 8.84. The molecule has 33 heavy (non-hydrogen) atoms. The Morgan fingerprint density at radius 2 is 1.94 bits per heavy atom. The molecule has 164 valence electrons. The van der Waals surface area contributed by atoms with Gasteiger partial charge in [0, 0.05) is 28.7 Å². The zero-order valence-electron chi connectivity index (χ0n) is 17.6. The smallest absolute Gasteiger partial charge is 0.255 e. The molecule has 2 heterocycles. The van der Waals surface area contributed by atoms with Crippen molar-refractivity contribution < 1.29 is 13.9 Å². The second-order valence-corrected chi connectivity index (χ2v) is 8.26. The average Bonchev–Trinajstić information content (AvgIpc) is 3.49. The van der Waals surface area contributed by atoms with E-state index in [9.17, 15) is 9.18 Å². The molecule has 3 aromatic carbocycles. The van der Waals surface area contributed by atoms with Gasteiger partial charge in [-0.05, 0) is 35.4 Å². The van der Waals surface area contributed by atoms with Gasteiger partial charge in [0.15, 0.2) is 11.2 Å². The van der Waals surface area contributed by atoms with Crippen LogP contribution in [-0.4, -0.2) is 27.8 Å². The number of benzene rings is 3. The number of carbonyl (C=O) groups excluding carboxylic acids is 1. The van der Waals surface area contributed by atoms with Gasteiger partial charge in [0.25, 0.3) is 5.91 Å². The van der Waals surface area contributed by atoms with Crippen molar-refractivity contribution in [2.75, 3.05) is 12.4 Å². The van der Waals surface area contributed by atoms with Gasteiger partial charge in [-0.15, -0.1) is 11.3 Å². The summed E-state index contributed by atoms with van der Waals surface area (Å²) in [7, 11) is 1.48. The zero-order valence-corrected chi connectivity index (χ0v) is 18.4. The van der Waals surface area contributed by atoms with Gasteiger partial charge >= 0.3 is 0 Å². The molecule has 5 aromatic rings. The summed E-state index contributed by atoms with van der Waals surface area (Å²) >= 11 is 1.30. The molecule has 2 aromatic heterocycles. The first-order chi connectivity index (χ1) is 16.1. The lowest BCUT2D eigenvalue weighted by molar-refractivity contribution is -0.118. The number of hydrogen-bond donors (Lipinski definition) is 1. The largest absolute Gasteiger partial charge is 0.496 e. The minimum Gasteiger partial charge on any atom is -0.496 e. The fraction of sp³-hybridized carbons (Fsp3) is 0.0800. The van der Waals surface area contributed by atoms with Crippen molar-refractivity contribution in [3.05, 3.63) is 95.9 Å². The molecule has 0 aliphatic rings. The van der Waals surface area contributed by atoms with Crippen LogP contribution in [0.5, 0.6) is 5.75 Å². The monoisotopic (exact) mass is 458 g/mol. The Hall–Kier alpha value is -4.04. The number of ether oxygens (including phenoxy) is 1. The molecule has 0 bridgehead atoms. The van der Waals surface area contributed by atoms with Crippen molar-refractivity contribution in [3.8, 4) is 16.9 Å². The molecule has 0 aliphatic heterocycles. The predicted molar refractivity (Wildman–Crippen MR) is 127 cm³/mol. The van der Waals surface area contributed by atoms with E-state index >= 15 is 0 Å². The highest BCUT2D eigenvalue weighted by Crippen LogP contribution is 2.32. The molecule has 8 heteroatoms. The Labute approximate surface area is 193 Å². The number of thiazole rings is 1. The van der Waals surface area contributed by atoms with E-state index in [4.69, 9.17) is 9.84 Å². The van der Waals surface area contributed by atoms with Gasteiger partial charge in [-0.1, -0.05) is 42.5 Å². The number of amides is 1. The van der Waals surface area contributed by atoms with Crippen LogP contribution in [0.1, 0.15) is 11.6 Å². The molecule has 5 rings (SSSR count). The lowest BCUT2D eigenvalue weighted by atomic mass is 10.0. The topological polar surface area (TPSA) is 69.0 Å². The highest BCUT2D eigenvalue weighted by Gasteiger charge is 2.28. The number of nitrogens with zero attached hydrogens (tertiary/aromatic N) is 3. The maximum Gasteiger partial charge on any atom is 0.255 e. The highest BCUT2D eigenvalue weighted by atomic mass is 32.1. The van der Waals surface area contributed by atoms with Crippen LogP contribution < -0.4 is 10.1 Å². The number of fused-ring (bicyclic) bond motifs is 1. The van der Waals surface area contributed by atoms with Gasteiger partial charge in [-0.3, -0.25) is 14.8 Å². The van der Waals surface area contributed by atoms with Gasteiger partial charge in [0.2, 0.25) is 0 Å². The number of anilines is 1. The van der Waals surface area contributed by atoms with Gasteiger partial charge in [-0.25, -0.2) is 9.37 Å². The van der Waals surface area contributed by atoms with Crippen molar-refractivity contribution in [1.29, 1.82) is 0 Å². The summed E-state index contributed by atoms with van der Waals surface area (Å²) < 4.78 is 21.2. The quantitative estimate of drug-likeness (QED) is 0.363. The maximum atomic E-state index is 14.2. The molecule has 1 atom stereocenters. The Bertz CT molecular complexity index is 1420. The van der Waals surface area contributed by atoms with E-state index in [0.29, 0.717) is 16.4 Å². The molecule has 0 saturated heterocycles. The first-order valence-electron chi connectivity index (χ1n) is 10.2. The van der Waals surface area contributed by atoms with E-state index in [1.54, 1.807) is 22.5 Å². The Balaban J connectivity index is 1.61. The van der Waals surface area contributed by atoms with Crippen LogP contribution in [0.4, 0.5) is 9.52 Å². The summed E-state index contributed by atoms with van der Waals surface area (Å²) in [4.78, 5) is 17.5. The van der Waals surface area contributed by atoms with Crippen LogP contribution in [-0.2, 0) is 4.79 Å². The van der Waals surface area contributed by atoms with E-state index in [0.717, 1.165) is 22.0 Å². The van der Waals surface area contributed by atoms with Crippen LogP contribution in [0, 0.1) is 5.82 Å². The number of halogens is 1. The van der Waals surface area contributed by atoms with Crippen molar-refractivity contribution >= 4 is 33.3 Å². The Morgan fingerprint density at radius 3 is 2.70 bits per heavy atom. The first kappa shape index (κ1) is 20.8. The summed E-state index contributed by atoms with van der Waals surface area (Å²) in [5, 5.41) is 10.6. The maximum absolute atomic E-state index is 14.2. The normalized spacial score (nSPS) is 11.9. The SMILES string of the molecule is COc1ccc(F)cc1C(C(=O)Nc1nccs1)n1cc2ccc(-c3ccccc3)cc2n1. The molecular formula is C25H19FN4O2S. The average molecular weight is 459 g/mol. The van der Waals surface area contributed by atoms with Crippen LogP contribution >= 0.6 is 11.3 Å². The molecule has 1 amide bonds. The predicted octanol–water partition coefficient (Wildman–Crippen LogP) is 5.54. The van der Waals surface area contributed by atoms with Crippen LogP contribution in [0.15, 0.2) is 84.5 Å². The third-order valence-electron chi connectivity index (χ3n) is 5.29. The third kappa shape index (κ3) is 4.20. The van der Waals surface area contributed by atoms with Crippen molar-refractivity contribution in [2.45, 2.75) is 6.04 Å². The highest BCUT2D eigenvalue weighted by molar-refractivity contribution is 7.13. The molecule has 6 nitrogen and oxygen atoms in total. The zero-order chi connectivity index (χ0) is 22.8. The molecule has 0 saturated carbocycles. The van der Waals surface area contributed by atoms with Crippen LogP contribution in [0.3, 0.4) is 0 Å². The van der Waals surface area contributed by atoms with Crippen LogP contribution in [0.25, 0.3) is 22.0 Å². The number of carbonyl (C=O) groups is 1. The number of methoxy groups -OCH3 is 1. The summed E-state index contributed by atoms with van der Waals surface area (Å²) in [5.74, 6) is -0.480. The van der Waals surface area contributed by atoms with E-state index in [-0.39, 0.29) is 0 Å². The molecule has 1 unspecified atom stereocenters.